The van der Waals surface area contributed by atoms with Crippen LogP contribution in [0.25, 0.3) is 0 Å². The van der Waals surface area contributed by atoms with Gasteiger partial charge in [-0.15, -0.1) is 0 Å². The predicted octanol–water partition coefficient (Wildman–Crippen LogP) is 0.666. The number of rotatable bonds is 3. The molecule has 2 unspecified atom stereocenters. The third-order valence-electron chi connectivity index (χ3n) is 3.76. The molecule has 0 radical (unpaired) electrons. The van der Waals surface area contributed by atoms with Crippen molar-refractivity contribution in [2.45, 2.75) is 45.2 Å². The minimum atomic E-state index is -0.700. The van der Waals surface area contributed by atoms with Crippen molar-refractivity contribution >= 4 is 5.91 Å². The first-order valence-electron chi connectivity index (χ1n) is 6.20. The molecule has 1 heterocycles. The van der Waals surface area contributed by atoms with Gasteiger partial charge in [0.05, 0.1) is 5.54 Å². The number of piperazine rings is 1. The summed E-state index contributed by atoms with van der Waals surface area (Å²) in [6, 6.07) is 0.477. The summed E-state index contributed by atoms with van der Waals surface area (Å²) in [7, 11) is 2.12. The van der Waals surface area contributed by atoms with E-state index in [1.54, 1.807) is 0 Å². The highest BCUT2D eigenvalue weighted by atomic mass is 16.2. The molecule has 0 aromatic carbocycles. The lowest BCUT2D eigenvalue weighted by molar-refractivity contribution is -0.139. The summed E-state index contributed by atoms with van der Waals surface area (Å²) in [5.74, 6) is 0.0987. The summed E-state index contributed by atoms with van der Waals surface area (Å²) < 4.78 is 0. The van der Waals surface area contributed by atoms with E-state index in [0.717, 1.165) is 26.1 Å². The van der Waals surface area contributed by atoms with Gasteiger partial charge in [0.15, 0.2) is 0 Å². The molecule has 2 atom stereocenters. The minimum Gasteiger partial charge on any atom is -0.338 e. The summed E-state index contributed by atoms with van der Waals surface area (Å²) in [5, 5.41) is 0. The molecule has 1 fully saturated rings. The van der Waals surface area contributed by atoms with Gasteiger partial charge in [0, 0.05) is 25.7 Å². The highest BCUT2D eigenvalue weighted by Gasteiger charge is 2.34. The number of nitrogens with two attached hydrogens (primary N) is 1. The van der Waals surface area contributed by atoms with Gasteiger partial charge in [-0.25, -0.2) is 0 Å². The smallest absolute Gasteiger partial charge is 0.242 e. The molecule has 0 aromatic rings. The first-order valence-corrected chi connectivity index (χ1v) is 6.20. The molecule has 16 heavy (non-hydrogen) atoms. The number of likely N-dealkylation sites (N-methyl/N-ethyl adjacent to an activating group) is 1. The largest absolute Gasteiger partial charge is 0.338 e. The summed E-state index contributed by atoms with van der Waals surface area (Å²) in [6.07, 6.45) is 1.77. The van der Waals surface area contributed by atoms with Crippen LogP contribution in [0.1, 0.15) is 33.6 Å². The molecule has 0 bridgehead atoms. The van der Waals surface area contributed by atoms with E-state index in [2.05, 4.69) is 18.9 Å². The topological polar surface area (TPSA) is 49.6 Å². The van der Waals surface area contributed by atoms with Crippen molar-refractivity contribution in [2.24, 2.45) is 5.73 Å². The van der Waals surface area contributed by atoms with E-state index in [4.69, 9.17) is 5.73 Å². The van der Waals surface area contributed by atoms with E-state index < -0.39 is 5.54 Å². The molecule has 0 saturated carbocycles. The van der Waals surface area contributed by atoms with Gasteiger partial charge in [0.25, 0.3) is 0 Å². The quantitative estimate of drug-likeness (QED) is 0.771. The van der Waals surface area contributed by atoms with Crippen molar-refractivity contribution < 1.29 is 4.79 Å². The normalized spacial score (nSPS) is 26.6. The average Bonchev–Trinajstić information content (AvgIpc) is 2.28. The SMILES string of the molecule is CCC1CN(C(=O)C(C)(N)CC)CCN1C. The molecule has 2 N–H and O–H groups in total. The molecule has 94 valence electrons. The van der Waals surface area contributed by atoms with Crippen LogP contribution in [0.4, 0.5) is 0 Å². The third kappa shape index (κ3) is 2.74. The number of hydrogen-bond donors (Lipinski definition) is 1. The summed E-state index contributed by atoms with van der Waals surface area (Å²) in [5.41, 5.74) is 5.31. The zero-order chi connectivity index (χ0) is 12.3. The Kier molecular flexibility index (Phi) is 4.33. The van der Waals surface area contributed by atoms with Crippen LogP contribution in [0.15, 0.2) is 0 Å². The van der Waals surface area contributed by atoms with Gasteiger partial charge in [-0.2, -0.15) is 0 Å². The second kappa shape index (κ2) is 5.15. The first kappa shape index (κ1) is 13.5. The fourth-order valence-electron chi connectivity index (χ4n) is 2.08. The van der Waals surface area contributed by atoms with Crippen molar-refractivity contribution in [3.05, 3.63) is 0 Å². The van der Waals surface area contributed by atoms with Gasteiger partial charge in [-0.3, -0.25) is 9.69 Å². The fraction of sp³-hybridized carbons (Fsp3) is 0.917. The molecule has 0 aliphatic carbocycles. The van der Waals surface area contributed by atoms with Gasteiger partial charge in [0.2, 0.25) is 5.91 Å². The van der Waals surface area contributed by atoms with Crippen molar-refractivity contribution in [3.8, 4) is 0 Å². The highest BCUT2D eigenvalue weighted by molar-refractivity contribution is 5.85. The molecule has 0 spiro atoms. The zero-order valence-corrected chi connectivity index (χ0v) is 11.0. The zero-order valence-electron chi connectivity index (χ0n) is 11.0. The van der Waals surface area contributed by atoms with Crippen molar-refractivity contribution in [3.63, 3.8) is 0 Å². The number of nitrogens with zero attached hydrogens (tertiary/aromatic N) is 2. The number of carbonyl (C=O) groups is 1. The van der Waals surface area contributed by atoms with Crippen LogP contribution in [0.3, 0.4) is 0 Å². The molecule has 1 amide bonds. The molecule has 1 aliphatic rings. The Balaban J connectivity index is 2.65. The van der Waals surface area contributed by atoms with E-state index in [0.29, 0.717) is 12.5 Å². The van der Waals surface area contributed by atoms with Crippen LogP contribution < -0.4 is 5.73 Å². The maximum atomic E-state index is 12.2. The van der Waals surface area contributed by atoms with Gasteiger partial charge >= 0.3 is 0 Å². The predicted molar refractivity (Wildman–Crippen MR) is 66.2 cm³/mol. The monoisotopic (exact) mass is 227 g/mol. The van der Waals surface area contributed by atoms with Gasteiger partial charge in [0.1, 0.15) is 0 Å². The second-order valence-electron chi connectivity index (χ2n) is 5.06. The van der Waals surface area contributed by atoms with Crippen LogP contribution in [0.5, 0.6) is 0 Å². The minimum absolute atomic E-state index is 0.0987. The number of amides is 1. The van der Waals surface area contributed by atoms with Gasteiger partial charge in [-0.1, -0.05) is 13.8 Å². The maximum Gasteiger partial charge on any atom is 0.242 e. The third-order valence-corrected chi connectivity index (χ3v) is 3.76. The second-order valence-corrected chi connectivity index (χ2v) is 5.06. The summed E-state index contributed by atoms with van der Waals surface area (Å²) >= 11 is 0. The van der Waals surface area contributed by atoms with E-state index >= 15 is 0 Å². The number of carbonyl (C=O) groups excluding carboxylic acids is 1. The molecule has 4 nitrogen and oxygen atoms in total. The lowest BCUT2D eigenvalue weighted by Crippen LogP contribution is -2.60. The van der Waals surface area contributed by atoms with Crippen LogP contribution >= 0.6 is 0 Å². The maximum absolute atomic E-state index is 12.2. The standard InChI is InChI=1S/C12H25N3O/c1-5-10-9-15(8-7-14(10)4)11(16)12(3,13)6-2/h10H,5-9,13H2,1-4H3. The van der Waals surface area contributed by atoms with E-state index in [1.165, 1.54) is 0 Å². The van der Waals surface area contributed by atoms with Crippen molar-refractivity contribution in [2.75, 3.05) is 26.7 Å². The van der Waals surface area contributed by atoms with E-state index in [-0.39, 0.29) is 5.91 Å². The Hall–Kier alpha value is -0.610. The van der Waals surface area contributed by atoms with E-state index in [1.807, 2.05) is 18.7 Å². The first-order chi connectivity index (χ1) is 7.42. The molecular weight excluding hydrogens is 202 g/mol. The molecule has 1 aliphatic heterocycles. The fourth-order valence-corrected chi connectivity index (χ4v) is 2.08. The Morgan fingerprint density at radius 3 is 2.56 bits per heavy atom. The Bertz CT molecular complexity index is 253. The van der Waals surface area contributed by atoms with Gasteiger partial charge < -0.3 is 10.6 Å². The Morgan fingerprint density at radius 2 is 2.06 bits per heavy atom. The Labute approximate surface area is 98.8 Å². The lowest BCUT2D eigenvalue weighted by atomic mass is 9.97. The highest BCUT2D eigenvalue weighted by Crippen LogP contribution is 2.16. The molecule has 4 heteroatoms. The molecular formula is C12H25N3O. The summed E-state index contributed by atoms with van der Waals surface area (Å²) in [4.78, 5) is 16.5. The van der Waals surface area contributed by atoms with Crippen LogP contribution in [0.2, 0.25) is 0 Å². The van der Waals surface area contributed by atoms with Crippen LogP contribution in [-0.4, -0.2) is 54.0 Å². The molecule has 1 saturated heterocycles. The number of hydrogen-bond acceptors (Lipinski definition) is 3. The van der Waals surface area contributed by atoms with Gasteiger partial charge in [-0.05, 0) is 26.8 Å². The lowest BCUT2D eigenvalue weighted by Gasteiger charge is -2.41. The summed E-state index contributed by atoms with van der Waals surface area (Å²) in [6.45, 7) is 8.53. The average molecular weight is 227 g/mol. The van der Waals surface area contributed by atoms with Crippen molar-refractivity contribution in [1.29, 1.82) is 0 Å². The molecule has 0 aromatic heterocycles. The van der Waals surface area contributed by atoms with E-state index in [9.17, 15) is 4.79 Å². The van der Waals surface area contributed by atoms with Crippen LogP contribution in [-0.2, 0) is 4.79 Å². The molecule has 1 rings (SSSR count). The Morgan fingerprint density at radius 1 is 1.44 bits per heavy atom. The van der Waals surface area contributed by atoms with Crippen LogP contribution in [0, 0.1) is 0 Å². The van der Waals surface area contributed by atoms with Crippen molar-refractivity contribution in [1.82, 2.24) is 9.80 Å².